The van der Waals surface area contributed by atoms with Crippen molar-refractivity contribution in [2.75, 3.05) is 79.0 Å². The van der Waals surface area contributed by atoms with Crippen LogP contribution in [0.5, 0.6) is 0 Å². The topological polar surface area (TPSA) is 54.4 Å². The molecule has 1 aliphatic heterocycles. The average molecular weight is 318 g/mol. The summed E-state index contributed by atoms with van der Waals surface area (Å²) in [5, 5.41) is 8.54. The van der Waals surface area contributed by atoms with E-state index in [4.69, 9.17) is 19.3 Å². The number of hydrogen-bond donors (Lipinski definition) is 1. The molecular formula is C16H34N2O4. The summed E-state index contributed by atoms with van der Waals surface area (Å²) >= 11 is 0. The molecule has 1 rings (SSSR count). The van der Waals surface area contributed by atoms with Crippen LogP contribution in [0.4, 0.5) is 0 Å². The first-order valence-corrected chi connectivity index (χ1v) is 8.35. The minimum atomic E-state index is 0.0626. The Bertz CT molecular complexity index is 263. The first kappa shape index (κ1) is 19.8. The van der Waals surface area contributed by atoms with Gasteiger partial charge < -0.3 is 19.3 Å². The van der Waals surface area contributed by atoms with Gasteiger partial charge in [0.25, 0.3) is 0 Å². The van der Waals surface area contributed by atoms with E-state index < -0.39 is 0 Å². The summed E-state index contributed by atoms with van der Waals surface area (Å²) in [4.78, 5) is 5.00. The van der Waals surface area contributed by atoms with E-state index in [2.05, 4.69) is 30.6 Å². The van der Waals surface area contributed by atoms with E-state index in [0.29, 0.717) is 33.0 Å². The summed E-state index contributed by atoms with van der Waals surface area (Å²) in [5.41, 5.74) is 0.279. The third-order valence-electron chi connectivity index (χ3n) is 3.85. The molecule has 6 heteroatoms. The van der Waals surface area contributed by atoms with Gasteiger partial charge in [-0.1, -0.05) is 0 Å². The average Bonchev–Trinajstić information content (AvgIpc) is 2.49. The second-order valence-electron chi connectivity index (χ2n) is 6.56. The zero-order chi connectivity index (χ0) is 16.3. The molecule has 0 amide bonds. The largest absolute Gasteiger partial charge is 0.394 e. The fourth-order valence-corrected chi connectivity index (χ4v) is 2.44. The van der Waals surface area contributed by atoms with E-state index in [1.807, 2.05) is 0 Å². The number of nitrogens with zero attached hydrogens (tertiary/aromatic N) is 2. The van der Waals surface area contributed by atoms with Gasteiger partial charge in [-0.2, -0.15) is 0 Å². The predicted molar refractivity (Wildman–Crippen MR) is 87.3 cm³/mol. The molecule has 22 heavy (non-hydrogen) atoms. The molecule has 0 spiro atoms. The van der Waals surface area contributed by atoms with Crippen molar-refractivity contribution in [3.8, 4) is 0 Å². The highest BCUT2D eigenvalue weighted by Crippen LogP contribution is 2.15. The standard InChI is InChI=1S/C16H34N2O4/c1-16(2,3)18-6-4-17(5-7-18)8-10-20-12-14-22-15-13-21-11-9-19/h19H,4-15H2,1-3H3. The van der Waals surface area contributed by atoms with Gasteiger partial charge in [-0.15, -0.1) is 0 Å². The maximum atomic E-state index is 8.54. The van der Waals surface area contributed by atoms with E-state index in [9.17, 15) is 0 Å². The van der Waals surface area contributed by atoms with Crippen molar-refractivity contribution in [3.63, 3.8) is 0 Å². The first-order valence-electron chi connectivity index (χ1n) is 8.35. The number of rotatable bonds is 11. The number of hydrogen-bond acceptors (Lipinski definition) is 6. The van der Waals surface area contributed by atoms with Gasteiger partial charge in [0.2, 0.25) is 0 Å². The quantitative estimate of drug-likeness (QED) is 0.558. The molecule has 0 aromatic carbocycles. The van der Waals surface area contributed by atoms with Crippen molar-refractivity contribution < 1.29 is 19.3 Å². The van der Waals surface area contributed by atoms with Crippen LogP contribution in [-0.4, -0.2) is 99.4 Å². The molecule has 0 aromatic rings. The maximum absolute atomic E-state index is 8.54. The Balaban J connectivity index is 1.88. The molecule has 0 unspecified atom stereocenters. The Hall–Kier alpha value is -0.240. The van der Waals surface area contributed by atoms with Crippen LogP contribution < -0.4 is 0 Å². The lowest BCUT2D eigenvalue weighted by molar-refractivity contribution is -0.000137. The number of aliphatic hydroxyl groups excluding tert-OH is 1. The van der Waals surface area contributed by atoms with Crippen molar-refractivity contribution in [1.29, 1.82) is 0 Å². The second kappa shape index (κ2) is 11.3. The molecule has 0 saturated carbocycles. The molecule has 0 aliphatic carbocycles. The van der Waals surface area contributed by atoms with Gasteiger partial charge in [-0.05, 0) is 20.8 Å². The Kier molecular flexibility index (Phi) is 10.2. The first-order chi connectivity index (χ1) is 10.5. The molecule has 0 atom stereocenters. The Labute approximate surface area is 135 Å². The van der Waals surface area contributed by atoms with Gasteiger partial charge in [-0.3, -0.25) is 9.80 Å². The fourth-order valence-electron chi connectivity index (χ4n) is 2.44. The van der Waals surface area contributed by atoms with Crippen molar-refractivity contribution in [2.45, 2.75) is 26.3 Å². The van der Waals surface area contributed by atoms with Crippen LogP contribution in [0.15, 0.2) is 0 Å². The fraction of sp³-hybridized carbons (Fsp3) is 1.00. The SMILES string of the molecule is CC(C)(C)N1CCN(CCOCCOCCOCCO)CC1. The molecule has 1 aliphatic rings. The number of aliphatic hydroxyl groups is 1. The van der Waals surface area contributed by atoms with E-state index in [1.54, 1.807) is 0 Å². The molecule has 1 heterocycles. The summed E-state index contributed by atoms with van der Waals surface area (Å²) in [7, 11) is 0. The molecule has 132 valence electrons. The lowest BCUT2D eigenvalue weighted by Crippen LogP contribution is -2.53. The van der Waals surface area contributed by atoms with E-state index in [-0.39, 0.29) is 12.1 Å². The van der Waals surface area contributed by atoms with Crippen LogP contribution in [0.25, 0.3) is 0 Å². The van der Waals surface area contributed by atoms with Crippen LogP contribution >= 0.6 is 0 Å². The Morgan fingerprint density at radius 1 is 0.773 bits per heavy atom. The molecule has 1 N–H and O–H groups in total. The molecule has 1 fully saturated rings. The van der Waals surface area contributed by atoms with Crippen molar-refractivity contribution >= 4 is 0 Å². The van der Waals surface area contributed by atoms with Crippen LogP contribution in [-0.2, 0) is 14.2 Å². The van der Waals surface area contributed by atoms with Gasteiger partial charge >= 0.3 is 0 Å². The highest BCUT2D eigenvalue weighted by Gasteiger charge is 2.25. The smallest absolute Gasteiger partial charge is 0.0701 e. The summed E-state index contributed by atoms with van der Waals surface area (Å²) in [5.74, 6) is 0. The Morgan fingerprint density at radius 3 is 1.77 bits per heavy atom. The number of piperazine rings is 1. The minimum Gasteiger partial charge on any atom is -0.394 e. The molecule has 0 bridgehead atoms. The minimum absolute atomic E-state index is 0.0626. The van der Waals surface area contributed by atoms with Crippen molar-refractivity contribution in [1.82, 2.24) is 9.80 Å². The second-order valence-corrected chi connectivity index (χ2v) is 6.56. The summed E-state index contributed by atoms with van der Waals surface area (Å²) in [6.45, 7) is 15.9. The van der Waals surface area contributed by atoms with Gasteiger partial charge in [0.05, 0.1) is 46.2 Å². The van der Waals surface area contributed by atoms with Crippen molar-refractivity contribution in [2.24, 2.45) is 0 Å². The van der Waals surface area contributed by atoms with E-state index >= 15 is 0 Å². The van der Waals surface area contributed by atoms with Gasteiger partial charge in [-0.25, -0.2) is 0 Å². The van der Waals surface area contributed by atoms with Crippen LogP contribution in [0.1, 0.15) is 20.8 Å². The molecule has 6 nitrogen and oxygen atoms in total. The zero-order valence-corrected chi connectivity index (χ0v) is 14.6. The third kappa shape index (κ3) is 9.02. The molecule has 0 aromatic heterocycles. The van der Waals surface area contributed by atoms with Gasteiger partial charge in [0.1, 0.15) is 0 Å². The molecule has 1 saturated heterocycles. The van der Waals surface area contributed by atoms with Crippen LogP contribution in [0.2, 0.25) is 0 Å². The highest BCUT2D eigenvalue weighted by molar-refractivity contribution is 4.81. The van der Waals surface area contributed by atoms with Crippen LogP contribution in [0.3, 0.4) is 0 Å². The van der Waals surface area contributed by atoms with Gasteiger partial charge in [0.15, 0.2) is 0 Å². The molecular weight excluding hydrogens is 284 g/mol. The summed E-state index contributed by atoms with van der Waals surface area (Å²) in [6, 6.07) is 0. The lowest BCUT2D eigenvalue weighted by Gasteiger charge is -2.42. The van der Waals surface area contributed by atoms with E-state index in [0.717, 1.165) is 39.3 Å². The zero-order valence-electron chi connectivity index (χ0n) is 14.6. The van der Waals surface area contributed by atoms with Crippen LogP contribution in [0, 0.1) is 0 Å². The number of ether oxygens (including phenoxy) is 3. The summed E-state index contributed by atoms with van der Waals surface area (Å²) < 4.78 is 16.1. The lowest BCUT2D eigenvalue weighted by atomic mass is 10.1. The van der Waals surface area contributed by atoms with Crippen molar-refractivity contribution in [3.05, 3.63) is 0 Å². The maximum Gasteiger partial charge on any atom is 0.0701 e. The Morgan fingerprint density at radius 2 is 1.27 bits per heavy atom. The predicted octanol–water partition coefficient (Wildman–Crippen LogP) is 0.445. The third-order valence-corrected chi connectivity index (χ3v) is 3.85. The van der Waals surface area contributed by atoms with Gasteiger partial charge in [0, 0.05) is 38.3 Å². The highest BCUT2D eigenvalue weighted by atomic mass is 16.5. The summed E-state index contributed by atoms with van der Waals surface area (Å²) in [6.07, 6.45) is 0. The molecule has 0 radical (unpaired) electrons. The normalized spacial score (nSPS) is 18.0. The van der Waals surface area contributed by atoms with E-state index in [1.165, 1.54) is 0 Å². The monoisotopic (exact) mass is 318 g/mol.